The van der Waals surface area contributed by atoms with Gasteiger partial charge in [0.15, 0.2) is 0 Å². The fraction of sp³-hybridized carbons (Fsp3) is 0.143. The van der Waals surface area contributed by atoms with Gasteiger partial charge in [-0.15, -0.1) is 11.8 Å². The number of carbonyl (C=O) groups is 1. The monoisotopic (exact) mass is 480 g/mol. The third kappa shape index (κ3) is 5.55. The SMILES string of the molecule is Cc1cc(S(=O)(=O)Nc2ccc(SCc3ccc(F)cc3Cl)nc2)cc(C(=O)O)c1C. The lowest BCUT2D eigenvalue weighted by molar-refractivity contribution is 0.0695. The van der Waals surface area contributed by atoms with Crippen molar-refractivity contribution in [3.05, 3.63) is 81.8 Å². The molecular weight excluding hydrogens is 463 g/mol. The van der Waals surface area contributed by atoms with Crippen molar-refractivity contribution in [2.24, 2.45) is 0 Å². The molecule has 1 heterocycles. The number of benzene rings is 2. The normalized spacial score (nSPS) is 11.4. The molecule has 2 N–H and O–H groups in total. The summed E-state index contributed by atoms with van der Waals surface area (Å²) in [5.74, 6) is -1.13. The lowest BCUT2D eigenvalue weighted by Crippen LogP contribution is -2.15. The summed E-state index contributed by atoms with van der Waals surface area (Å²) in [7, 11) is -4.00. The van der Waals surface area contributed by atoms with Crippen LogP contribution in [0.25, 0.3) is 0 Å². The number of carboxylic acid groups (broad SMARTS) is 1. The molecule has 0 unspecified atom stereocenters. The van der Waals surface area contributed by atoms with E-state index in [1.54, 1.807) is 32.0 Å². The number of pyridine rings is 1. The van der Waals surface area contributed by atoms with E-state index in [-0.39, 0.29) is 16.1 Å². The van der Waals surface area contributed by atoms with Crippen molar-refractivity contribution in [3.63, 3.8) is 0 Å². The fourth-order valence-electron chi connectivity index (χ4n) is 2.73. The van der Waals surface area contributed by atoms with Crippen molar-refractivity contribution in [3.8, 4) is 0 Å². The summed E-state index contributed by atoms with van der Waals surface area (Å²) in [5.41, 5.74) is 1.99. The van der Waals surface area contributed by atoms with Gasteiger partial charge in [0.25, 0.3) is 10.0 Å². The Morgan fingerprint density at radius 2 is 1.94 bits per heavy atom. The first-order valence-electron chi connectivity index (χ1n) is 8.97. The van der Waals surface area contributed by atoms with Crippen molar-refractivity contribution in [1.82, 2.24) is 4.98 Å². The molecule has 0 atom stereocenters. The van der Waals surface area contributed by atoms with Crippen LogP contribution >= 0.6 is 23.4 Å². The van der Waals surface area contributed by atoms with E-state index in [0.29, 0.717) is 26.9 Å². The molecule has 0 bridgehead atoms. The number of halogens is 2. The van der Waals surface area contributed by atoms with Gasteiger partial charge in [0.1, 0.15) is 5.82 Å². The zero-order valence-corrected chi connectivity index (χ0v) is 18.9. The molecule has 6 nitrogen and oxygen atoms in total. The molecule has 0 aliphatic carbocycles. The van der Waals surface area contributed by atoms with Crippen LogP contribution in [0.15, 0.2) is 58.6 Å². The lowest BCUT2D eigenvalue weighted by Gasteiger charge is -2.12. The maximum atomic E-state index is 13.1. The molecule has 0 aliphatic rings. The van der Waals surface area contributed by atoms with Crippen molar-refractivity contribution in [2.45, 2.75) is 29.5 Å². The lowest BCUT2D eigenvalue weighted by atomic mass is 10.0. The first-order chi connectivity index (χ1) is 14.6. The highest BCUT2D eigenvalue weighted by molar-refractivity contribution is 7.98. The second-order valence-corrected chi connectivity index (χ2v) is 9.82. The predicted molar refractivity (Wildman–Crippen MR) is 119 cm³/mol. The maximum absolute atomic E-state index is 13.1. The molecule has 0 spiro atoms. The van der Waals surface area contributed by atoms with Crippen LogP contribution in [0, 0.1) is 19.7 Å². The van der Waals surface area contributed by atoms with Gasteiger partial charge in [-0.25, -0.2) is 22.6 Å². The predicted octanol–water partition coefficient (Wildman–Crippen LogP) is 5.28. The van der Waals surface area contributed by atoms with Crippen LogP contribution in [0.5, 0.6) is 0 Å². The molecule has 1 aromatic heterocycles. The van der Waals surface area contributed by atoms with Gasteiger partial charge < -0.3 is 5.11 Å². The summed E-state index contributed by atoms with van der Waals surface area (Å²) in [6, 6.07) is 9.93. The van der Waals surface area contributed by atoms with E-state index in [9.17, 15) is 22.7 Å². The number of hydrogen-bond acceptors (Lipinski definition) is 5. The van der Waals surface area contributed by atoms with E-state index in [1.165, 1.54) is 36.2 Å². The minimum atomic E-state index is -4.00. The zero-order chi connectivity index (χ0) is 22.8. The van der Waals surface area contributed by atoms with Crippen LogP contribution in [-0.2, 0) is 15.8 Å². The van der Waals surface area contributed by atoms with Gasteiger partial charge in [0.2, 0.25) is 0 Å². The summed E-state index contributed by atoms with van der Waals surface area (Å²) in [4.78, 5) is 15.5. The molecule has 0 fully saturated rings. The second-order valence-electron chi connectivity index (χ2n) is 6.73. The largest absolute Gasteiger partial charge is 0.478 e. The smallest absolute Gasteiger partial charge is 0.336 e. The molecule has 0 aliphatic heterocycles. The highest BCUT2D eigenvalue weighted by atomic mass is 35.5. The van der Waals surface area contributed by atoms with E-state index < -0.39 is 21.8 Å². The van der Waals surface area contributed by atoms with Crippen LogP contribution in [0.3, 0.4) is 0 Å². The van der Waals surface area contributed by atoms with Gasteiger partial charge in [-0.3, -0.25) is 4.72 Å². The number of sulfonamides is 1. The summed E-state index contributed by atoms with van der Waals surface area (Å²) in [6.45, 7) is 3.28. The third-order valence-corrected chi connectivity index (χ3v) is 7.27. The number of aryl methyl sites for hydroxylation is 1. The Hall–Kier alpha value is -2.62. The van der Waals surface area contributed by atoms with Crippen molar-refractivity contribution in [2.75, 3.05) is 4.72 Å². The number of aromatic carboxylic acids is 1. The van der Waals surface area contributed by atoms with E-state index in [0.717, 1.165) is 11.6 Å². The van der Waals surface area contributed by atoms with Crippen molar-refractivity contribution >= 4 is 45.0 Å². The van der Waals surface area contributed by atoms with Crippen molar-refractivity contribution in [1.29, 1.82) is 0 Å². The average Bonchev–Trinajstić information content (AvgIpc) is 2.70. The molecule has 10 heteroatoms. The molecule has 0 radical (unpaired) electrons. The Balaban J connectivity index is 1.74. The number of thioether (sulfide) groups is 1. The average molecular weight is 481 g/mol. The second kappa shape index (κ2) is 9.25. The van der Waals surface area contributed by atoms with Crippen LogP contribution in [0.1, 0.15) is 27.0 Å². The van der Waals surface area contributed by atoms with E-state index >= 15 is 0 Å². The van der Waals surface area contributed by atoms with Gasteiger partial charge in [-0.2, -0.15) is 0 Å². The number of carboxylic acids is 1. The van der Waals surface area contributed by atoms with Gasteiger partial charge in [-0.05, 0) is 66.9 Å². The molecule has 0 saturated carbocycles. The quantitative estimate of drug-likeness (QED) is 0.446. The Morgan fingerprint density at radius 3 is 2.55 bits per heavy atom. The van der Waals surface area contributed by atoms with Crippen LogP contribution in [0.2, 0.25) is 5.02 Å². The maximum Gasteiger partial charge on any atom is 0.336 e. The van der Waals surface area contributed by atoms with E-state index in [1.807, 2.05) is 0 Å². The van der Waals surface area contributed by atoms with Gasteiger partial charge in [0.05, 0.1) is 27.4 Å². The minimum absolute atomic E-state index is 0.0651. The highest BCUT2D eigenvalue weighted by Gasteiger charge is 2.20. The Labute approximate surface area is 188 Å². The first kappa shape index (κ1) is 23.1. The minimum Gasteiger partial charge on any atom is -0.478 e. The van der Waals surface area contributed by atoms with Crippen molar-refractivity contribution < 1.29 is 22.7 Å². The summed E-state index contributed by atoms with van der Waals surface area (Å²) in [6.07, 6.45) is 1.37. The van der Waals surface area contributed by atoms with E-state index in [4.69, 9.17) is 11.6 Å². The number of nitrogens with zero attached hydrogens (tertiary/aromatic N) is 1. The molecule has 0 amide bonds. The van der Waals surface area contributed by atoms with Gasteiger partial charge in [-0.1, -0.05) is 17.7 Å². The molecule has 2 aromatic carbocycles. The Bertz CT molecular complexity index is 1250. The Morgan fingerprint density at radius 1 is 1.19 bits per heavy atom. The number of aromatic nitrogens is 1. The number of rotatable bonds is 7. The van der Waals surface area contributed by atoms with Crippen LogP contribution in [-0.4, -0.2) is 24.5 Å². The van der Waals surface area contributed by atoms with Gasteiger partial charge >= 0.3 is 5.97 Å². The molecular formula is C21H18ClFN2O4S2. The molecule has 31 heavy (non-hydrogen) atoms. The van der Waals surface area contributed by atoms with Gasteiger partial charge in [0, 0.05) is 10.8 Å². The number of anilines is 1. The summed E-state index contributed by atoms with van der Waals surface area (Å²) >= 11 is 7.38. The standard InChI is InChI=1S/C21H18ClFN2O4S2/c1-12-7-17(9-18(13(12)2)21(26)27)31(28,29)25-16-5-6-20(24-10-16)30-11-14-3-4-15(23)8-19(14)22/h3-10,25H,11H2,1-2H3,(H,26,27). The molecule has 3 rings (SSSR count). The summed E-state index contributed by atoms with van der Waals surface area (Å²) < 4.78 is 41.0. The number of nitrogens with one attached hydrogen (secondary N) is 1. The van der Waals surface area contributed by atoms with Crippen LogP contribution < -0.4 is 4.72 Å². The number of hydrogen-bond donors (Lipinski definition) is 2. The van der Waals surface area contributed by atoms with E-state index in [2.05, 4.69) is 9.71 Å². The van der Waals surface area contributed by atoms with Crippen LogP contribution in [0.4, 0.5) is 10.1 Å². The third-order valence-electron chi connectivity index (χ3n) is 4.56. The first-order valence-corrected chi connectivity index (χ1v) is 11.8. The zero-order valence-electron chi connectivity index (χ0n) is 16.5. The molecule has 3 aromatic rings. The highest BCUT2D eigenvalue weighted by Crippen LogP contribution is 2.27. The molecule has 162 valence electrons. The summed E-state index contributed by atoms with van der Waals surface area (Å²) in [5, 5.41) is 10.3. The molecule has 0 saturated heterocycles. The Kier molecular flexibility index (Phi) is 6.88. The topological polar surface area (TPSA) is 96.4 Å². The fourth-order valence-corrected chi connectivity index (χ4v) is 5.05.